The lowest BCUT2D eigenvalue weighted by molar-refractivity contribution is -0.147. The highest BCUT2D eigenvalue weighted by Gasteiger charge is 2.33. The van der Waals surface area contributed by atoms with Crippen LogP contribution in [0, 0.1) is 5.92 Å². The first-order valence-corrected chi connectivity index (χ1v) is 15.1. The molecule has 2 aromatic rings. The quantitative estimate of drug-likeness (QED) is 0.250. The molecule has 1 saturated carbocycles. The van der Waals surface area contributed by atoms with Crippen molar-refractivity contribution in [2.75, 3.05) is 13.1 Å². The van der Waals surface area contributed by atoms with E-state index in [2.05, 4.69) is 16.0 Å². The number of amides is 2. The number of nitrogens with zero attached hydrogens (tertiary/aromatic N) is 1. The highest BCUT2D eigenvalue weighted by Crippen LogP contribution is 2.28. The Morgan fingerprint density at radius 3 is 2.07 bits per heavy atom. The number of carbonyl (C=O) groups is 3. The maximum atomic E-state index is 13.9. The Bertz CT molecular complexity index is 1310. The van der Waals surface area contributed by atoms with E-state index in [-0.39, 0.29) is 24.6 Å². The Morgan fingerprint density at radius 1 is 0.907 bits per heavy atom. The van der Waals surface area contributed by atoms with E-state index in [1.165, 1.54) is 4.90 Å². The highest BCUT2D eigenvalue weighted by atomic mass is 16.5. The summed E-state index contributed by atoms with van der Waals surface area (Å²) in [6.45, 7) is 7.42. The van der Waals surface area contributed by atoms with Gasteiger partial charge < -0.3 is 30.7 Å². The zero-order valence-corrected chi connectivity index (χ0v) is 25.5. The second-order valence-electron chi connectivity index (χ2n) is 11.7. The minimum Gasteiger partial charge on any atom is -0.462 e. The lowest BCUT2D eigenvalue weighted by Gasteiger charge is -2.31. The molecular weight excluding hydrogens is 544 g/mol. The van der Waals surface area contributed by atoms with Gasteiger partial charge in [0.2, 0.25) is 11.8 Å². The number of hydrogen-bond donors (Lipinski definition) is 4. The molecule has 230 valence electrons. The van der Waals surface area contributed by atoms with Crippen molar-refractivity contribution in [2.45, 2.75) is 77.3 Å². The molecule has 1 aliphatic heterocycles. The van der Waals surface area contributed by atoms with Gasteiger partial charge in [-0.05, 0) is 51.2 Å². The molecule has 0 bridgehead atoms. The zero-order valence-electron chi connectivity index (χ0n) is 25.5. The number of hydrogen-bond acceptors (Lipinski definition) is 7. The maximum Gasteiger partial charge on any atom is 0.326 e. The van der Waals surface area contributed by atoms with Gasteiger partial charge in [-0.25, -0.2) is 0 Å². The number of nitrogens with one attached hydrogen (secondary N) is 3. The van der Waals surface area contributed by atoms with Crippen molar-refractivity contribution >= 4 is 17.8 Å². The molecule has 0 radical (unpaired) electrons. The van der Waals surface area contributed by atoms with Gasteiger partial charge in [0.15, 0.2) is 0 Å². The van der Waals surface area contributed by atoms with Crippen LogP contribution in [0.2, 0.25) is 0 Å². The Labute approximate surface area is 254 Å². The number of carbonyl (C=O) groups excluding carboxylic acids is 3. The van der Waals surface area contributed by atoms with Crippen molar-refractivity contribution in [3.8, 4) is 0 Å². The molecule has 0 aromatic heterocycles. The second kappa shape index (κ2) is 15.0. The normalized spacial score (nSPS) is 18.7. The van der Waals surface area contributed by atoms with Gasteiger partial charge in [-0.15, -0.1) is 0 Å². The van der Waals surface area contributed by atoms with Crippen molar-refractivity contribution in [1.29, 1.82) is 0 Å². The minimum atomic E-state index is -0.827. The Hall–Kier alpha value is -3.95. The molecule has 1 heterocycles. The van der Waals surface area contributed by atoms with E-state index in [1.807, 2.05) is 67.6 Å². The standard InChI is InChI=1S/C34H44N4O5/c1-22(2)43-32(40)21-38-19-28(33(41)36-24(4)26-13-9-6-10-14-26)23(3)29(20-38)34(42)37-30(17-25-11-7-5-8-12-25)31(39)18-35-27-15-16-27/h5-14,19-20,22-24,27,30-31,35,39H,15-18,21H2,1-4H3,(H,36,41)(H,37,42)/t23?,24-,30+,31-/m1/s1. The fourth-order valence-electron chi connectivity index (χ4n) is 5.06. The number of benzene rings is 2. The van der Waals surface area contributed by atoms with Crippen molar-refractivity contribution in [2.24, 2.45) is 5.92 Å². The topological polar surface area (TPSA) is 120 Å². The molecule has 2 aromatic carbocycles. The number of rotatable bonds is 14. The molecule has 1 fully saturated rings. The average molecular weight is 589 g/mol. The fraction of sp³-hybridized carbons (Fsp3) is 0.441. The van der Waals surface area contributed by atoms with Crippen LogP contribution in [0.25, 0.3) is 0 Å². The van der Waals surface area contributed by atoms with Gasteiger partial charge in [-0.1, -0.05) is 67.6 Å². The first-order valence-electron chi connectivity index (χ1n) is 15.1. The molecule has 9 nitrogen and oxygen atoms in total. The predicted octanol–water partition coefficient (Wildman–Crippen LogP) is 3.38. The van der Waals surface area contributed by atoms with Crippen LogP contribution in [0.15, 0.2) is 84.2 Å². The number of esters is 1. The van der Waals surface area contributed by atoms with Crippen LogP contribution in [-0.2, 0) is 25.5 Å². The SMILES string of the molecule is CC(C)OC(=O)CN1C=C(C(=O)N[C@@H](Cc2ccccc2)[C@H](O)CNC2CC2)C(C)C(C(=O)N[C@H](C)c2ccccc2)=C1. The van der Waals surface area contributed by atoms with Crippen molar-refractivity contribution in [3.05, 3.63) is 95.3 Å². The molecule has 0 saturated heterocycles. The molecule has 4 rings (SSSR count). The van der Waals surface area contributed by atoms with Crippen LogP contribution in [0.4, 0.5) is 0 Å². The summed E-state index contributed by atoms with van der Waals surface area (Å²) in [6, 6.07) is 18.9. The summed E-state index contributed by atoms with van der Waals surface area (Å²) < 4.78 is 5.33. The van der Waals surface area contributed by atoms with Gasteiger partial charge in [0.1, 0.15) is 6.54 Å². The smallest absolute Gasteiger partial charge is 0.326 e. The molecular formula is C34H44N4O5. The van der Waals surface area contributed by atoms with Crippen LogP contribution in [0.3, 0.4) is 0 Å². The molecule has 2 amide bonds. The third-order valence-corrected chi connectivity index (χ3v) is 7.67. The minimum absolute atomic E-state index is 0.159. The molecule has 1 aliphatic carbocycles. The molecule has 4 atom stereocenters. The van der Waals surface area contributed by atoms with E-state index in [0.717, 1.165) is 24.0 Å². The van der Waals surface area contributed by atoms with Gasteiger partial charge in [-0.3, -0.25) is 14.4 Å². The van der Waals surface area contributed by atoms with Crippen LogP contribution in [-0.4, -0.2) is 65.2 Å². The molecule has 1 unspecified atom stereocenters. The van der Waals surface area contributed by atoms with E-state index in [0.29, 0.717) is 30.2 Å². The molecule has 43 heavy (non-hydrogen) atoms. The van der Waals surface area contributed by atoms with E-state index < -0.39 is 29.9 Å². The largest absolute Gasteiger partial charge is 0.462 e. The van der Waals surface area contributed by atoms with Gasteiger partial charge >= 0.3 is 5.97 Å². The summed E-state index contributed by atoms with van der Waals surface area (Å²) in [5.74, 6) is -1.79. The number of aliphatic hydroxyl groups excluding tert-OH is 1. The monoisotopic (exact) mass is 588 g/mol. The van der Waals surface area contributed by atoms with Crippen LogP contribution < -0.4 is 16.0 Å². The van der Waals surface area contributed by atoms with Crippen LogP contribution >= 0.6 is 0 Å². The van der Waals surface area contributed by atoms with Crippen molar-refractivity contribution in [3.63, 3.8) is 0 Å². The van der Waals surface area contributed by atoms with Crippen molar-refractivity contribution < 1.29 is 24.2 Å². The lowest BCUT2D eigenvalue weighted by atomic mass is 9.89. The summed E-state index contributed by atoms with van der Waals surface area (Å²) in [6.07, 6.45) is 4.67. The summed E-state index contributed by atoms with van der Waals surface area (Å²) in [7, 11) is 0. The molecule has 0 spiro atoms. The third kappa shape index (κ3) is 9.53. The van der Waals surface area contributed by atoms with Crippen LogP contribution in [0.5, 0.6) is 0 Å². The summed E-state index contributed by atoms with van der Waals surface area (Å²) in [4.78, 5) is 41.5. The Balaban J connectivity index is 1.55. The zero-order chi connectivity index (χ0) is 30.9. The van der Waals surface area contributed by atoms with Gasteiger partial charge in [0.25, 0.3) is 0 Å². The van der Waals surface area contributed by atoms with Gasteiger partial charge in [0.05, 0.1) is 24.3 Å². The van der Waals surface area contributed by atoms with E-state index in [9.17, 15) is 19.5 Å². The van der Waals surface area contributed by atoms with Crippen LogP contribution in [0.1, 0.15) is 57.7 Å². The van der Waals surface area contributed by atoms with E-state index in [1.54, 1.807) is 33.2 Å². The molecule has 4 N–H and O–H groups in total. The Morgan fingerprint density at radius 2 is 1.49 bits per heavy atom. The van der Waals surface area contributed by atoms with Gasteiger partial charge in [-0.2, -0.15) is 0 Å². The molecule has 2 aliphatic rings. The highest BCUT2D eigenvalue weighted by molar-refractivity contribution is 6.01. The van der Waals surface area contributed by atoms with Crippen molar-refractivity contribution in [1.82, 2.24) is 20.9 Å². The van der Waals surface area contributed by atoms with E-state index >= 15 is 0 Å². The Kier molecular flexibility index (Phi) is 11.1. The predicted molar refractivity (Wildman–Crippen MR) is 165 cm³/mol. The fourth-order valence-corrected chi connectivity index (χ4v) is 5.06. The lowest BCUT2D eigenvalue weighted by Crippen LogP contribution is -2.50. The van der Waals surface area contributed by atoms with Gasteiger partial charge in [0, 0.05) is 42.1 Å². The average Bonchev–Trinajstić information content (AvgIpc) is 3.81. The number of ether oxygens (including phenoxy) is 1. The first-order chi connectivity index (χ1) is 20.6. The third-order valence-electron chi connectivity index (χ3n) is 7.67. The summed E-state index contributed by atoms with van der Waals surface area (Å²) in [5, 5.41) is 20.5. The summed E-state index contributed by atoms with van der Waals surface area (Å²) in [5.41, 5.74) is 2.60. The summed E-state index contributed by atoms with van der Waals surface area (Å²) >= 11 is 0. The first kappa shape index (κ1) is 32.0. The molecule has 9 heteroatoms. The maximum absolute atomic E-state index is 13.9. The van der Waals surface area contributed by atoms with E-state index in [4.69, 9.17) is 4.74 Å². The number of aliphatic hydroxyl groups is 1. The second-order valence-corrected chi connectivity index (χ2v) is 11.7.